The number of fused-ring (bicyclic) bond motifs is 2. The Labute approximate surface area is 235 Å². The summed E-state index contributed by atoms with van der Waals surface area (Å²) < 4.78 is 62.0. The lowest BCUT2D eigenvalue weighted by atomic mass is 9.97. The van der Waals surface area contributed by atoms with Crippen LogP contribution in [0.2, 0.25) is 0 Å². The number of morpholine rings is 1. The van der Waals surface area contributed by atoms with Gasteiger partial charge in [0.2, 0.25) is 25.3 Å². The Kier molecular flexibility index (Phi) is 7.60. The van der Waals surface area contributed by atoms with Crippen LogP contribution in [0.15, 0.2) is 75.2 Å². The van der Waals surface area contributed by atoms with Crippen molar-refractivity contribution in [1.82, 2.24) is 4.31 Å². The quantitative estimate of drug-likeness (QED) is 0.331. The molecular weight excluding hydrogens is 546 g/mol. The molecule has 1 aromatic rings. The lowest BCUT2D eigenvalue weighted by Crippen LogP contribution is -2.41. The topological polar surface area (TPSA) is 97.8 Å². The summed E-state index contributed by atoms with van der Waals surface area (Å²) in [7, 11) is -8.29. The number of hydrogen-bond donors (Lipinski definition) is 0. The number of rotatable bonds is 6. The van der Waals surface area contributed by atoms with Crippen LogP contribution in [-0.2, 0) is 30.4 Å². The maximum Gasteiger partial charge on any atom is 0.218 e. The van der Waals surface area contributed by atoms with Crippen LogP contribution in [0.25, 0.3) is 11.1 Å². The number of nitrogens with zero attached hydrogens (tertiary/aromatic N) is 1. The van der Waals surface area contributed by atoms with Crippen LogP contribution in [0.3, 0.4) is 0 Å². The van der Waals surface area contributed by atoms with Crippen molar-refractivity contribution >= 4 is 19.9 Å². The molecule has 40 heavy (non-hydrogen) atoms. The van der Waals surface area contributed by atoms with E-state index in [9.17, 15) is 21.6 Å². The first-order valence-electron chi connectivity index (χ1n) is 13.3. The number of sulfonamides is 1. The number of ether oxygens (including phenoxy) is 1. The van der Waals surface area contributed by atoms with E-state index in [1.54, 1.807) is 24.3 Å². The van der Waals surface area contributed by atoms with Crippen molar-refractivity contribution < 1.29 is 21.6 Å². The predicted octanol–water partition coefficient (Wildman–Crippen LogP) is 4.61. The van der Waals surface area contributed by atoms with E-state index in [1.807, 2.05) is 38.1 Å². The van der Waals surface area contributed by atoms with Crippen molar-refractivity contribution in [3.05, 3.63) is 104 Å². The average Bonchev–Trinajstić information content (AvgIpc) is 3.02. The van der Waals surface area contributed by atoms with Gasteiger partial charge in [-0.25, -0.2) is 16.8 Å². The summed E-state index contributed by atoms with van der Waals surface area (Å²) in [6, 6.07) is 17.3. The predicted molar refractivity (Wildman–Crippen MR) is 155 cm³/mol. The highest BCUT2D eigenvalue weighted by atomic mass is 32.2. The maximum absolute atomic E-state index is 14.4. The molecule has 1 aromatic carbocycles. The summed E-state index contributed by atoms with van der Waals surface area (Å²) in [6.07, 6.45) is 0. The van der Waals surface area contributed by atoms with Crippen molar-refractivity contribution in [3.8, 4) is 11.1 Å². The maximum atomic E-state index is 14.4. The van der Waals surface area contributed by atoms with E-state index in [-0.39, 0.29) is 47.9 Å². The summed E-state index contributed by atoms with van der Waals surface area (Å²) >= 11 is 0. The van der Waals surface area contributed by atoms with Gasteiger partial charge in [-0.15, -0.1) is 0 Å². The fourth-order valence-electron chi connectivity index (χ4n) is 5.43. The molecule has 0 unspecified atom stereocenters. The molecule has 7 nitrogen and oxygen atoms in total. The lowest BCUT2D eigenvalue weighted by molar-refractivity contribution is 0.0729. The molecule has 3 aliphatic carbocycles. The van der Waals surface area contributed by atoms with Gasteiger partial charge in [0.15, 0.2) is 0 Å². The molecular formula is C31H33NO6S2. The van der Waals surface area contributed by atoms with Crippen molar-refractivity contribution in [2.45, 2.75) is 49.2 Å². The largest absolute Gasteiger partial charge is 0.379 e. The Morgan fingerprint density at radius 1 is 0.875 bits per heavy atom. The first-order valence-corrected chi connectivity index (χ1v) is 16.4. The summed E-state index contributed by atoms with van der Waals surface area (Å²) in [5.74, 6) is -0.377. The molecule has 1 heterocycles. The SMILES string of the molecule is Cc1ccc2c(CS(=O)(=O)N3CCOCC3)c(S(=O)(=O)c3ccccc3)c(=O)c=2c2c(C)ccc(C(C)C)cc1-2. The Morgan fingerprint density at radius 2 is 1.52 bits per heavy atom. The Morgan fingerprint density at radius 3 is 2.17 bits per heavy atom. The van der Waals surface area contributed by atoms with E-state index < -0.39 is 35.9 Å². The summed E-state index contributed by atoms with van der Waals surface area (Å²) in [6.45, 7) is 8.89. The zero-order chi connectivity index (χ0) is 28.8. The van der Waals surface area contributed by atoms with Crippen LogP contribution in [0.1, 0.15) is 42.0 Å². The molecule has 0 N–H and O–H groups in total. The zero-order valence-corrected chi connectivity index (χ0v) is 24.7. The second-order valence-corrected chi connectivity index (χ2v) is 14.5. The average molecular weight is 580 g/mol. The molecule has 0 radical (unpaired) electrons. The van der Waals surface area contributed by atoms with Gasteiger partial charge < -0.3 is 4.74 Å². The van der Waals surface area contributed by atoms with Crippen molar-refractivity contribution in [1.29, 1.82) is 0 Å². The summed E-state index contributed by atoms with van der Waals surface area (Å²) in [5, 5.41) is 0.572. The molecule has 0 amide bonds. The van der Waals surface area contributed by atoms with E-state index in [1.165, 1.54) is 16.4 Å². The lowest BCUT2D eigenvalue weighted by Gasteiger charge is -2.26. The first kappa shape index (κ1) is 28.4. The number of aryl methyl sites for hydroxylation is 2. The minimum Gasteiger partial charge on any atom is -0.379 e. The second kappa shape index (κ2) is 10.7. The molecule has 1 saturated heterocycles. The van der Waals surface area contributed by atoms with Crippen LogP contribution in [0, 0.1) is 24.3 Å². The van der Waals surface area contributed by atoms with Crippen molar-refractivity contribution in [3.63, 3.8) is 0 Å². The van der Waals surface area contributed by atoms with Crippen LogP contribution in [0.4, 0.5) is 0 Å². The Hall–Kier alpha value is -3.11. The van der Waals surface area contributed by atoms with Gasteiger partial charge in [-0.3, -0.25) is 4.79 Å². The smallest absolute Gasteiger partial charge is 0.218 e. The monoisotopic (exact) mass is 579 g/mol. The third kappa shape index (κ3) is 4.96. The molecule has 0 aromatic heterocycles. The molecule has 210 valence electrons. The molecule has 0 spiro atoms. The first-order chi connectivity index (χ1) is 18.9. The molecule has 0 bridgehead atoms. The van der Waals surface area contributed by atoms with Crippen LogP contribution in [-0.4, -0.2) is 47.4 Å². The summed E-state index contributed by atoms with van der Waals surface area (Å²) in [5.41, 5.74) is 3.59. The van der Waals surface area contributed by atoms with Gasteiger partial charge in [0, 0.05) is 18.3 Å². The zero-order valence-electron chi connectivity index (χ0n) is 23.1. The Balaban J connectivity index is 1.92. The molecule has 9 heteroatoms. The number of benzene rings is 1. The van der Waals surface area contributed by atoms with Gasteiger partial charge in [0.1, 0.15) is 4.90 Å². The second-order valence-electron chi connectivity index (χ2n) is 10.6. The molecule has 1 fully saturated rings. The minimum atomic E-state index is -4.34. The van der Waals surface area contributed by atoms with Crippen LogP contribution < -0.4 is 5.43 Å². The molecule has 0 saturated carbocycles. The van der Waals surface area contributed by atoms with Crippen LogP contribution >= 0.6 is 0 Å². The van der Waals surface area contributed by atoms with Gasteiger partial charge in [-0.1, -0.05) is 62.4 Å². The van der Waals surface area contributed by atoms with E-state index in [0.717, 1.165) is 22.3 Å². The fourth-order valence-corrected chi connectivity index (χ4v) is 8.67. The van der Waals surface area contributed by atoms with Crippen LogP contribution in [0.5, 0.6) is 0 Å². The normalized spacial score (nSPS) is 15.2. The molecule has 5 rings (SSSR count). The molecule has 0 atom stereocenters. The third-order valence-corrected chi connectivity index (χ3v) is 11.3. The molecule has 4 aliphatic rings. The standard InChI is InChI=1S/C31H33NO6S2/c1-20(2)23-12-10-22(4)28-26(18-23)21(3)11-13-25-27(19-39(34,35)32-14-16-38-17-15-32)31(30(33)29(25)28)40(36,37)24-8-6-5-7-9-24/h5-13,18,20H,14-17,19H2,1-4H3. The van der Waals surface area contributed by atoms with Gasteiger partial charge in [-0.05, 0) is 70.5 Å². The molecule has 1 aliphatic heterocycles. The van der Waals surface area contributed by atoms with Gasteiger partial charge in [0.25, 0.3) is 0 Å². The number of hydrogen-bond acceptors (Lipinski definition) is 6. The van der Waals surface area contributed by atoms with Crippen molar-refractivity contribution in [2.24, 2.45) is 0 Å². The Bertz CT molecular complexity index is 1900. The van der Waals surface area contributed by atoms with Gasteiger partial charge in [0.05, 0.1) is 23.9 Å². The number of sulfone groups is 1. The highest BCUT2D eigenvalue weighted by Crippen LogP contribution is 2.34. The van der Waals surface area contributed by atoms with E-state index >= 15 is 0 Å². The van der Waals surface area contributed by atoms with E-state index in [4.69, 9.17) is 4.74 Å². The fraction of sp³-hybridized carbons (Fsp3) is 0.323. The highest BCUT2D eigenvalue weighted by molar-refractivity contribution is 7.91. The third-order valence-electron chi connectivity index (χ3n) is 7.66. The minimum absolute atomic E-state index is 0.0160. The van der Waals surface area contributed by atoms with Gasteiger partial charge >= 0.3 is 0 Å². The summed E-state index contributed by atoms with van der Waals surface area (Å²) in [4.78, 5) is 13.8. The highest BCUT2D eigenvalue weighted by Gasteiger charge is 2.34. The van der Waals surface area contributed by atoms with Crippen molar-refractivity contribution in [2.75, 3.05) is 26.3 Å². The van der Waals surface area contributed by atoms with Gasteiger partial charge in [-0.2, -0.15) is 4.31 Å². The van der Waals surface area contributed by atoms with E-state index in [2.05, 4.69) is 13.8 Å². The van der Waals surface area contributed by atoms with E-state index in [0.29, 0.717) is 10.8 Å².